The maximum Gasteiger partial charge on any atom is 0.418 e. The molecule has 6 nitrogen and oxygen atoms in total. The van der Waals surface area contributed by atoms with Crippen molar-refractivity contribution in [3.63, 3.8) is 0 Å². The minimum Gasteiger partial charge on any atom is -0.354 e. The number of benzene rings is 1. The van der Waals surface area contributed by atoms with Crippen LogP contribution in [0.15, 0.2) is 42.6 Å². The van der Waals surface area contributed by atoms with Gasteiger partial charge in [-0.2, -0.15) is 13.2 Å². The summed E-state index contributed by atoms with van der Waals surface area (Å²) in [7, 11) is 0. The fourth-order valence-corrected chi connectivity index (χ4v) is 2.98. The van der Waals surface area contributed by atoms with Crippen LogP contribution in [0.25, 0.3) is 0 Å². The van der Waals surface area contributed by atoms with Gasteiger partial charge >= 0.3 is 6.18 Å². The zero-order valence-electron chi connectivity index (χ0n) is 15.2. The summed E-state index contributed by atoms with van der Waals surface area (Å²) in [4.78, 5) is 31.2. The van der Waals surface area contributed by atoms with Crippen molar-refractivity contribution in [3.05, 3.63) is 53.9 Å². The number of anilines is 2. The van der Waals surface area contributed by atoms with E-state index in [-0.39, 0.29) is 23.2 Å². The minimum absolute atomic E-state index is 0.0280. The number of nitrogens with zero attached hydrogens (tertiary/aromatic N) is 3. The normalized spacial score (nSPS) is 14.7. The van der Waals surface area contributed by atoms with Crippen LogP contribution < -0.4 is 5.32 Å². The van der Waals surface area contributed by atoms with Crippen LogP contribution in [0.1, 0.15) is 23.0 Å². The van der Waals surface area contributed by atoms with E-state index in [1.54, 1.807) is 9.80 Å². The van der Waals surface area contributed by atoms with Gasteiger partial charge in [-0.3, -0.25) is 9.59 Å². The number of alkyl halides is 3. The Bertz CT molecular complexity index is 860. The van der Waals surface area contributed by atoms with Crippen molar-refractivity contribution < 1.29 is 22.8 Å². The molecule has 148 valence electrons. The first-order valence-corrected chi connectivity index (χ1v) is 8.70. The summed E-state index contributed by atoms with van der Waals surface area (Å²) in [5.41, 5.74) is -0.324. The van der Waals surface area contributed by atoms with Crippen LogP contribution in [0.5, 0.6) is 0 Å². The third-order valence-electron chi connectivity index (χ3n) is 4.51. The first-order chi connectivity index (χ1) is 13.3. The van der Waals surface area contributed by atoms with Crippen molar-refractivity contribution in [1.82, 2.24) is 14.8 Å². The number of hydrogen-bond donors (Lipinski definition) is 1. The average molecular weight is 392 g/mol. The summed E-state index contributed by atoms with van der Waals surface area (Å²) < 4.78 is 39.2. The monoisotopic (exact) mass is 392 g/mol. The Balaban J connectivity index is 1.68. The second kappa shape index (κ2) is 7.87. The quantitative estimate of drug-likeness (QED) is 0.872. The molecule has 1 aromatic carbocycles. The Hall–Kier alpha value is -3.10. The summed E-state index contributed by atoms with van der Waals surface area (Å²) in [6.07, 6.45) is -3.15. The van der Waals surface area contributed by atoms with Gasteiger partial charge in [0.05, 0.1) is 23.1 Å². The predicted molar refractivity (Wildman–Crippen MR) is 97.1 cm³/mol. The Kier molecular flexibility index (Phi) is 5.53. The van der Waals surface area contributed by atoms with Gasteiger partial charge in [0.2, 0.25) is 5.91 Å². The number of pyridine rings is 1. The molecule has 1 aliphatic heterocycles. The van der Waals surface area contributed by atoms with Gasteiger partial charge in [0.15, 0.2) is 0 Å². The Morgan fingerprint density at radius 2 is 1.64 bits per heavy atom. The molecule has 2 amide bonds. The van der Waals surface area contributed by atoms with Crippen LogP contribution in [-0.4, -0.2) is 52.8 Å². The van der Waals surface area contributed by atoms with Crippen LogP contribution in [-0.2, 0) is 11.0 Å². The molecule has 0 saturated carbocycles. The number of piperazine rings is 1. The van der Waals surface area contributed by atoms with Gasteiger partial charge in [-0.1, -0.05) is 12.1 Å². The lowest BCUT2D eigenvalue weighted by Crippen LogP contribution is -2.50. The van der Waals surface area contributed by atoms with Gasteiger partial charge in [-0.15, -0.1) is 0 Å². The summed E-state index contributed by atoms with van der Waals surface area (Å²) in [6.45, 7) is 3.25. The van der Waals surface area contributed by atoms with Crippen molar-refractivity contribution in [2.24, 2.45) is 0 Å². The van der Waals surface area contributed by atoms with Crippen molar-refractivity contribution in [2.45, 2.75) is 13.1 Å². The van der Waals surface area contributed by atoms with Gasteiger partial charge in [0, 0.05) is 33.1 Å². The van der Waals surface area contributed by atoms with Crippen LogP contribution in [0.4, 0.5) is 24.5 Å². The lowest BCUT2D eigenvalue weighted by atomic mass is 10.1. The van der Waals surface area contributed by atoms with E-state index < -0.39 is 11.7 Å². The molecule has 0 spiro atoms. The number of carbonyl (C=O) groups excluding carboxylic acids is 2. The molecule has 28 heavy (non-hydrogen) atoms. The highest BCUT2D eigenvalue weighted by atomic mass is 19.4. The maximum atomic E-state index is 13.1. The lowest BCUT2D eigenvalue weighted by molar-refractivity contribution is -0.137. The molecule has 0 aliphatic carbocycles. The van der Waals surface area contributed by atoms with E-state index in [1.165, 1.54) is 43.5 Å². The highest BCUT2D eigenvalue weighted by Crippen LogP contribution is 2.35. The van der Waals surface area contributed by atoms with Crippen LogP contribution >= 0.6 is 0 Å². The smallest absolute Gasteiger partial charge is 0.354 e. The van der Waals surface area contributed by atoms with Gasteiger partial charge < -0.3 is 15.1 Å². The summed E-state index contributed by atoms with van der Waals surface area (Å²) in [5, 5.41) is 2.69. The van der Waals surface area contributed by atoms with E-state index in [9.17, 15) is 22.8 Å². The molecule has 2 heterocycles. The van der Waals surface area contributed by atoms with E-state index in [4.69, 9.17) is 0 Å². The molecule has 1 aromatic heterocycles. The SMILES string of the molecule is CC(=O)N1CCN(C(=O)c2ccc(Nc3ccccc3C(F)(F)F)cn2)CC1. The third kappa shape index (κ3) is 4.41. The molecule has 1 fully saturated rings. The molecule has 3 rings (SSSR count). The number of amides is 2. The fourth-order valence-electron chi connectivity index (χ4n) is 2.98. The molecular weight excluding hydrogens is 373 g/mol. The predicted octanol–water partition coefficient (Wildman–Crippen LogP) is 3.15. The Labute approximate surface area is 160 Å². The number of hydrogen-bond acceptors (Lipinski definition) is 4. The first-order valence-electron chi connectivity index (χ1n) is 8.70. The molecule has 1 N–H and O–H groups in total. The third-order valence-corrected chi connectivity index (χ3v) is 4.51. The number of para-hydroxylation sites is 1. The highest BCUT2D eigenvalue weighted by molar-refractivity contribution is 5.92. The van der Waals surface area contributed by atoms with E-state index in [0.717, 1.165) is 6.07 Å². The molecule has 2 aromatic rings. The van der Waals surface area contributed by atoms with E-state index in [0.29, 0.717) is 31.9 Å². The molecule has 0 unspecified atom stereocenters. The van der Waals surface area contributed by atoms with E-state index in [1.807, 2.05) is 0 Å². The van der Waals surface area contributed by atoms with Crippen molar-refractivity contribution in [1.29, 1.82) is 0 Å². The van der Waals surface area contributed by atoms with E-state index in [2.05, 4.69) is 10.3 Å². The van der Waals surface area contributed by atoms with Crippen LogP contribution in [0, 0.1) is 0 Å². The molecule has 0 atom stereocenters. The molecular formula is C19H19F3N4O2. The van der Waals surface area contributed by atoms with Crippen LogP contribution in [0.3, 0.4) is 0 Å². The van der Waals surface area contributed by atoms with E-state index >= 15 is 0 Å². The second-order valence-electron chi connectivity index (χ2n) is 6.40. The minimum atomic E-state index is -4.48. The number of nitrogens with one attached hydrogen (secondary N) is 1. The Morgan fingerprint density at radius 1 is 1.00 bits per heavy atom. The number of aromatic nitrogens is 1. The largest absolute Gasteiger partial charge is 0.418 e. The number of rotatable bonds is 3. The molecule has 1 saturated heterocycles. The standard InChI is InChI=1S/C19H19F3N4O2/c1-13(27)25-8-10-26(11-9-25)18(28)17-7-6-14(12-23-17)24-16-5-3-2-4-15(16)19(20,21)22/h2-7,12,24H,8-11H2,1H3. The lowest BCUT2D eigenvalue weighted by Gasteiger charge is -2.34. The molecule has 0 radical (unpaired) electrons. The second-order valence-corrected chi connectivity index (χ2v) is 6.40. The van der Waals surface area contributed by atoms with Crippen molar-refractivity contribution >= 4 is 23.2 Å². The van der Waals surface area contributed by atoms with Crippen molar-refractivity contribution in [3.8, 4) is 0 Å². The van der Waals surface area contributed by atoms with Crippen molar-refractivity contribution in [2.75, 3.05) is 31.5 Å². The zero-order chi connectivity index (χ0) is 20.3. The summed E-state index contributed by atoms with van der Waals surface area (Å²) >= 11 is 0. The Morgan fingerprint density at radius 3 is 2.21 bits per heavy atom. The molecule has 0 bridgehead atoms. The van der Waals surface area contributed by atoms with Gasteiger partial charge in [-0.25, -0.2) is 4.98 Å². The summed E-state index contributed by atoms with van der Waals surface area (Å²) in [5.74, 6) is -0.301. The molecule has 1 aliphatic rings. The number of carbonyl (C=O) groups is 2. The number of halogens is 3. The first kappa shape index (κ1) is 19.7. The summed E-state index contributed by atoms with van der Waals surface area (Å²) in [6, 6.07) is 8.13. The zero-order valence-corrected chi connectivity index (χ0v) is 15.2. The van der Waals surface area contributed by atoms with Gasteiger partial charge in [0.25, 0.3) is 5.91 Å². The topological polar surface area (TPSA) is 65.5 Å². The molecule has 9 heteroatoms. The maximum absolute atomic E-state index is 13.1. The van der Waals surface area contributed by atoms with Crippen LogP contribution in [0.2, 0.25) is 0 Å². The average Bonchev–Trinajstić information content (AvgIpc) is 2.68. The van der Waals surface area contributed by atoms with Gasteiger partial charge in [0.1, 0.15) is 5.69 Å². The fraction of sp³-hybridized carbons (Fsp3) is 0.316. The highest BCUT2D eigenvalue weighted by Gasteiger charge is 2.33. The van der Waals surface area contributed by atoms with Gasteiger partial charge in [-0.05, 0) is 24.3 Å².